The number of ether oxygens (including phenoxy) is 4. The summed E-state index contributed by atoms with van der Waals surface area (Å²) in [5.74, 6) is 0.746. The Morgan fingerprint density at radius 1 is 0.758 bits per heavy atom. The zero-order valence-corrected chi connectivity index (χ0v) is 18.0. The van der Waals surface area contributed by atoms with E-state index in [0.717, 1.165) is 40.2 Å². The normalized spacial score (nSPS) is 10.7. The predicted molar refractivity (Wildman–Crippen MR) is 125 cm³/mol. The van der Waals surface area contributed by atoms with Gasteiger partial charge in [-0.2, -0.15) is 0 Å². The van der Waals surface area contributed by atoms with Crippen molar-refractivity contribution in [2.75, 3.05) is 0 Å². The van der Waals surface area contributed by atoms with Crippen LogP contribution >= 0.6 is 0 Å². The van der Waals surface area contributed by atoms with E-state index in [1.165, 1.54) is 18.8 Å². The van der Waals surface area contributed by atoms with Gasteiger partial charge in [0.05, 0.1) is 0 Å². The molecule has 0 aliphatic heterocycles. The predicted octanol–water partition coefficient (Wildman–Crippen LogP) is 5.93. The molecule has 0 saturated heterocycles. The molecule has 0 aliphatic carbocycles. The SMILES string of the molecule is C=CC(=O)O/C=C\Oc1ccc(-c2ccc(-c3ccc(O/C=C\OC=O)c(C)c3)cc2)cc1. The molecule has 6 heteroatoms. The minimum absolute atomic E-state index is 0.325. The molecular formula is C27H22O6. The summed E-state index contributed by atoms with van der Waals surface area (Å²) in [5.41, 5.74) is 5.20. The summed E-state index contributed by atoms with van der Waals surface area (Å²) < 4.78 is 20.0. The highest BCUT2D eigenvalue weighted by Gasteiger charge is 2.05. The van der Waals surface area contributed by atoms with Crippen LogP contribution in [0.2, 0.25) is 0 Å². The molecular weight excluding hydrogens is 420 g/mol. The lowest BCUT2D eigenvalue weighted by Crippen LogP contribution is -1.93. The molecule has 3 aromatic carbocycles. The highest BCUT2D eigenvalue weighted by Crippen LogP contribution is 2.29. The Morgan fingerprint density at radius 3 is 1.94 bits per heavy atom. The fraction of sp³-hybridized carbons (Fsp3) is 0.0370. The Morgan fingerprint density at radius 2 is 1.33 bits per heavy atom. The van der Waals surface area contributed by atoms with Crippen molar-refractivity contribution in [3.63, 3.8) is 0 Å². The van der Waals surface area contributed by atoms with Gasteiger partial charge in [0.2, 0.25) is 0 Å². The monoisotopic (exact) mass is 442 g/mol. The van der Waals surface area contributed by atoms with Gasteiger partial charge in [0.15, 0.2) is 0 Å². The molecule has 0 unspecified atom stereocenters. The number of hydrogen-bond donors (Lipinski definition) is 0. The number of carbonyl (C=O) groups is 2. The second-order valence-corrected chi connectivity index (χ2v) is 6.74. The van der Waals surface area contributed by atoms with Gasteiger partial charge < -0.3 is 18.9 Å². The summed E-state index contributed by atoms with van der Waals surface area (Å²) in [7, 11) is 0. The fourth-order valence-corrected chi connectivity index (χ4v) is 2.96. The second-order valence-electron chi connectivity index (χ2n) is 6.74. The van der Waals surface area contributed by atoms with Crippen molar-refractivity contribution in [1.29, 1.82) is 0 Å². The molecule has 33 heavy (non-hydrogen) atoms. The van der Waals surface area contributed by atoms with Gasteiger partial charge in [-0.05, 0) is 59.0 Å². The molecule has 0 aliphatic rings. The van der Waals surface area contributed by atoms with Crippen molar-refractivity contribution in [3.8, 4) is 33.8 Å². The van der Waals surface area contributed by atoms with E-state index in [0.29, 0.717) is 18.0 Å². The lowest BCUT2D eigenvalue weighted by Gasteiger charge is -2.09. The number of benzene rings is 3. The quantitative estimate of drug-likeness (QED) is 0.168. The van der Waals surface area contributed by atoms with E-state index in [2.05, 4.69) is 35.6 Å². The first-order valence-electron chi connectivity index (χ1n) is 9.98. The lowest BCUT2D eigenvalue weighted by molar-refractivity contribution is -0.132. The average Bonchev–Trinajstić information content (AvgIpc) is 2.85. The molecule has 0 saturated carbocycles. The highest BCUT2D eigenvalue weighted by atomic mass is 16.5. The van der Waals surface area contributed by atoms with Crippen LogP contribution in [0.5, 0.6) is 11.5 Å². The zero-order chi connectivity index (χ0) is 23.5. The second kappa shape index (κ2) is 11.7. The fourth-order valence-electron chi connectivity index (χ4n) is 2.96. The van der Waals surface area contributed by atoms with Crippen LogP contribution in [0.1, 0.15) is 5.56 Å². The molecule has 0 aromatic heterocycles. The minimum atomic E-state index is -0.550. The van der Waals surface area contributed by atoms with Crippen LogP contribution in [0.3, 0.4) is 0 Å². The summed E-state index contributed by atoms with van der Waals surface area (Å²) in [6.45, 7) is 5.58. The van der Waals surface area contributed by atoms with Crippen molar-refractivity contribution >= 4 is 12.4 Å². The van der Waals surface area contributed by atoms with Crippen LogP contribution in [0.25, 0.3) is 22.3 Å². The molecule has 3 rings (SSSR count). The summed E-state index contributed by atoms with van der Waals surface area (Å²) in [6.07, 6.45) is 6.02. The van der Waals surface area contributed by atoms with E-state index >= 15 is 0 Å². The largest absolute Gasteiger partial charge is 0.462 e. The van der Waals surface area contributed by atoms with Gasteiger partial charge in [-0.15, -0.1) is 0 Å². The van der Waals surface area contributed by atoms with Gasteiger partial charge in [-0.1, -0.05) is 49.0 Å². The van der Waals surface area contributed by atoms with Crippen molar-refractivity contribution in [2.45, 2.75) is 6.92 Å². The van der Waals surface area contributed by atoms with Crippen molar-refractivity contribution < 1.29 is 28.5 Å². The molecule has 0 radical (unpaired) electrons. The summed E-state index contributed by atoms with van der Waals surface area (Å²) in [4.78, 5) is 21.1. The zero-order valence-electron chi connectivity index (χ0n) is 18.0. The molecule has 0 bridgehead atoms. The Labute approximate surface area is 192 Å². The van der Waals surface area contributed by atoms with E-state index in [1.807, 2.05) is 49.4 Å². The molecule has 0 atom stereocenters. The third-order valence-corrected chi connectivity index (χ3v) is 4.58. The van der Waals surface area contributed by atoms with Gasteiger partial charge in [0, 0.05) is 6.08 Å². The Kier molecular flexibility index (Phi) is 8.20. The first-order chi connectivity index (χ1) is 16.1. The Bertz CT molecular complexity index is 1160. The molecule has 0 spiro atoms. The number of hydrogen-bond acceptors (Lipinski definition) is 6. The van der Waals surface area contributed by atoms with Crippen LogP contribution in [0.15, 0.2) is 104 Å². The summed E-state index contributed by atoms with van der Waals surface area (Å²) in [6, 6.07) is 21.7. The van der Waals surface area contributed by atoms with E-state index in [-0.39, 0.29) is 0 Å². The Balaban J connectivity index is 1.64. The molecule has 6 nitrogen and oxygen atoms in total. The van der Waals surface area contributed by atoms with Gasteiger partial charge in [-0.25, -0.2) is 4.79 Å². The van der Waals surface area contributed by atoms with Crippen LogP contribution < -0.4 is 9.47 Å². The van der Waals surface area contributed by atoms with Crippen molar-refractivity contribution in [1.82, 2.24) is 0 Å². The summed E-state index contributed by atoms with van der Waals surface area (Å²) in [5, 5.41) is 0. The highest BCUT2D eigenvalue weighted by molar-refractivity contribution is 5.81. The molecule has 0 N–H and O–H groups in total. The maximum atomic E-state index is 11.0. The van der Waals surface area contributed by atoms with Crippen LogP contribution in [-0.4, -0.2) is 12.4 Å². The molecule has 0 amide bonds. The first-order valence-corrected chi connectivity index (χ1v) is 9.98. The minimum Gasteiger partial charge on any atom is -0.462 e. The third kappa shape index (κ3) is 6.70. The van der Waals surface area contributed by atoms with E-state index in [1.54, 1.807) is 0 Å². The maximum absolute atomic E-state index is 11.0. The van der Waals surface area contributed by atoms with Gasteiger partial charge in [0.1, 0.15) is 36.5 Å². The number of rotatable bonds is 10. The molecule has 0 fully saturated rings. The third-order valence-electron chi connectivity index (χ3n) is 4.58. The molecule has 0 heterocycles. The van der Waals surface area contributed by atoms with Crippen molar-refractivity contribution in [2.24, 2.45) is 0 Å². The molecule has 3 aromatic rings. The van der Waals surface area contributed by atoms with Gasteiger partial charge in [0.25, 0.3) is 6.47 Å². The number of esters is 1. The van der Waals surface area contributed by atoms with E-state index in [9.17, 15) is 9.59 Å². The van der Waals surface area contributed by atoms with Crippen LogP contribution in [0.4, 0.5) is 0 Å². The number of aryl methyl sites for hydroxylation is 1. The average molecular weight is 442 g/mol. The van der Waals surface area contributed by atoms with Gasteiger partial charge in [-0.3, -0.25) is 4.79 Å². The number of carbonyl (C=O) groups excluding carboxylic acids is 2. The maximum Gasteiger partial charge on any atom is 0.335 e. The smallest absolute Gasteiger partial charge is 0.335 e. The first kappa shape index (κ1) is 23.1. The van der Waals surface area contributed by atoms with Gasteiger partial charge >= 0.3 is 5.97 Å². The van der Waals surface area contributed by atoms with Crippen molar-refractivity contribution in [3.05, 3.63) is 110 Å². The Hall–Kier alpha value is -4.58. The molecule has 166 valence electrons. The topological polar surface area (TPSA) is 71.1 Å². The van der Waals surface area contributed by atoms with Crippen LogP contribution in [0, 0.1) is 6.92 Å². The summed E-state index contributed by atoms with van der Waals surface area (Å²) >= 11 is 0. The standard InChI is InChI=1S/C27H22O6/c1-3-27(29)33-17-16-31-25-11-8-22(9-12-25)21-4-6-23(7-5-21)24-10-13-26(20(2)18-24)32-15-14-30-19-28/h3-19H,1H2,2H3/b15-14-,17-16-. The van der Waals surface area contributed by atoms with E-state index < -0.39 is 5.97 Å². The lowest BCUT2D eigenvalue weighted by atomic mass is 9.99. The van der Waals surface area contributed by atoms with Crippen LogP contribution in [-0.2, 0) is 19.1 Å². The van der Waals surface area contributed by atoms with E-state index in [4.69, 9.17) is 14.2 Å².